The van der Waals surface area contributed by atoms with E-state index in [0.717, 1.165) is 11.4 Å². The monoisotopic (exact) mass is 364 g/mol. The van der Waals surface area contributed by atoms with E-state index in [4.69, 9.17) is 14.2 Å². The standard InChI is InChI=1S/C19H16N4O4/c1-25-14-4-2-3-12(9-14)20-18-8-6-15(22-23-18)19(24)21-13-5-7-16-17(10-13)27-11-26-16/h2-10H,11H2,1H3,(H,20,23)(H,21,24). The smallest absolute Gasteiger partial charge is 0.276 e. The van der Waals surface area contributed by atoms with Crippen LogP contribution in [0.3, 0.4) is 0 Å². The van der Waals surface area contributed by atoms with Gasteiger partial charge in [-0.15, -0.1) is 10.2 Å². The van der Waals surface area contributed by atoms with Crippen molar-refractivity contribution in [2.45, 2.75) is 0 Å². The maximum atomic E-state index is 12.3. The number of nitrogens with one attached hydrogen (secondary N) is 2. The summed E-state index contributed by atoms with van der Waals surface area (Å²) in [5.41, 5.74) is 1.59. The molecule has 1 aliphatic rings. The van der Waals surface area contributed by atoms with Crippen LogP contribution in [0.5, 0.6) is 17.2 Å². The highest BCUT2D eigenvalue weighted by Crippen LogP contribution is 2.34. The molecule has 1 aromatic heterocycles. The van der Waals surface area contributed by atoms with Gasteiger partial charge in [-0.05, 0) is 36.4 Å². The largest absolute Gasteiger partial charge is 0.497 e. The van der Waals surface area contributed by atoms with Gasteiger partial charge in [-0.2, -0.15) is 0 Å². The highest BCUT2D eigenvalue weighted by Gasteiger charge is 2.15. The number of anilines is 3. The second-order valence-corrected chi connectivity index (χ2v) is 5.68. The lowest BCUT2D eigenvalue weighted by Gasteiger charge is -2.08. The molecular weight excluding hydrogens is 348 g/mol. The van der Waals surface area contributed by atoms with Crippen molar-refractivity contribution in [2.75, 3.05) is 24.5 Å². The molecule has 0 radical (unpaired) electrons. The second-order valence-electron chi connectivity index (χ2n) is 5.68. The molecule has 1 aliphatic heterocycles. The SMILES string of the molecule is COc1cccc(Nc2ccc(C(=O)Nc3ccc4c(c3)OCO4)nn2)c1. The summed E-state index contributed by atoms with van der Waals surface area (Å²) >= 11 is 0. The summed E-state index contributed by atoms with van der Waals surface area (Å²) in [5.74, 6) is 2.13. The van der Waals surface area contributed by atoms with E-state index in [0.29, 0.717) is 23.0 Å². The fourth-order valence-corrected chi connectivity index (χ4v) is 2.54. The number of methoxy groups -OCH3 is 1. The molecule has 0 saturated carbocycles. The quantitative estimate of drug-likeness (QED) is 0.718. The third-order valence-electron chi connectivity index (χ3n) is 3.87. The Morgan fingerprint density at radius 3 is 2.70 bits per heavy atom. The van der Waals surface area contributed by atoms with Crippen molar-refractivity contribution < 1.29 is 19.0 Å². The van der Waals surface area contributed by atoms with Crippen LogP contribution >= 0.6 is 0 Å². The number of hydrogen-bond donors (Lipinski definition) is 2. The average molecular weight is 364 g/mol. The molecule has 0 spiro atoms. The predicted octanol–water partition coefficient (Wildman–Crippen LogP) is 3.21. The second kappa shape index (κ2) is 7.20. The first kappa shape index (κ1) is 16.6. The van der Waals surface area contributed by atoms with E-state index >= 15 is 0 Å². The van der Waals surface area contributed by atoms with Gasteiger partial charge in [0.2, 0.25) is 6.79 Å². The summed E-state index contributed by atoms with van der Waals surface area (Å²) in [6.07, 6.45) is 0. The molecule has 2 N–H and O–H groups in total. The zero-order chi connectivity index (χ0) is 18.6. The molecule has 0 saturated heterocycles. The number of benzene rings is 2. The number of hydrogen-bond acceptors (Lipinski definition) is 7. The predicted molar refractivity (Wildman–Crippen MR) is 98.8 cm³/mol. The number of rotatable bonds is 5. The molecule has 27 heavy (non-hydrogen) atoms. The highest BCUT2D eigenvalue weighted by molar-refractivity contribution is 6.03. The van der Waals surface area contributed by atoms with Gasteiger partial charge in [0, 0.05) is 23.5 Å². The molecule has 0 unspecified atom stereocenters. The third kappa shape index (κ3) is 3.74. The fourth-order valence-electron chi connectivity index (χ4n) is 2.54. The summed E-state index contributed by atoms with van der Waals surface area (Å²) in [4.78, 5) is 12.3. The average Bonchev–Trinajstić information content (AvgIpc) is 3.16. The van der Waals surface area contributed by atoms with Crippen LogP contribution in [0.2, 0.25) is 0 Å². The van der Waals surface area contributed by atoms with Gasteiger partial charge >= 0.3 is 0 Å². The van der Waals surface area contributed by atoms with E-state index in [1.165, 1.54) is 0 Å². The first-order valence-electron chi connectivity index (χ1n) is 8.17. The van der Waals surface area contributed by atoms with Crippen LogP contribution in [0.25, 0.3) is 0 Å². The fraction of sp³-hybridized carbons (Fsp3) is 0.105. The van der Waals surface area contributed by atoms with Crippen molar-refractivity contribution in [3.8, 4) is 17.2 Å². The summed E-state index contributed by atoms with van der Waals surface area (Å²) in [6, 6.07) is 15.9. The first-order chi connectivity index (χ1) is 13.2. The van der Waals surface area contributed by atoms with E-state index in [9.17, 15) is 4.79 Å². The number of fused-ring (bicyclic) bond motifs is 1. The molecule has 8 nitrogen and oxygen atoms in total. The molecule has 2 heterocycles. The van der Waals surface area contributed by atoms with Crippen LogP contribution in [0.4, 0.5) is 17.2 Å². The zero-order valence-electron chi connectivity index (χ0n) is 14.4. The number of carbonyl (C=O) groups excluding carboxylic acids is 1. The molecule has 0 fully saturated rings. The van der Waals surface area contributed by atoms with Crippen LogP contribution in [-0.4, -0.2) is 30.0 Å². The Hall–Kier alpha value is -3.81. The Morgan fingerprint density at radius 1 is 1.00 bits per heavy atom. The minimum absolute atomic E-state index is 0.181. The Balaban J connectivity index is 1.43. The van der Waals surface area contributed by atoms with Gasteiger partial charge in [-0.1, -0.05) is 6.07 Å². The molecule has 136 valence electrons. The van der Waals surface area contributed by atoms with Gasteiger partial charge in [0.05, 0.1) is 7.11 Å². The summed E-state index contributed by atoms with van der Waals surface area (Å²) in [5, 5.41) is 13.9. The van der Waals surface area contributed by atoms with E-state index in [-0.39, 0.29) is 18.4 Å². The van der Waals surface area contributed by atoms with E-state index < -0.39 is 0 Å². The van der Waals surface area contributed by atoms with Gasteiger partial charge in [0.1, 0.15) is 5.75 Å². The molecule has 0 aliphatic carbocycles. The zero-order valence-corrected chi connectivity index (χ0v) is 14.4. The molecule has 1 amide bonds. The van der Waals surface area contributed by atoms with Crippen LogP contribution in [-0.2, 0) is 0 Å². The molecule has 2 aromatic carbocycles. The van der Waals surface area contributed by atoms with E-state index in [1.807, 2.05) is 24.3 Å². The molecule has 4 rings (SSSR count). The van der Waals surface area contributed by atoms with Crippen molar-refractivity contribution in [2.24, 2.45) is 0 Å². The van der Waals surface area contributed by atoms with Crippen molar-refractivity contribution in [1.82, 2.24) is 10.2 Å². The van der Waals surface area contributed by atoms with Crippen LogP contribution in [0.15, 0.2) is 54.6 Å². The normalized spacial score (nSPS) is 11.7. The van der Waals surface area contributed by atoms with Crippen LogP contribution in [0, 0.1) is 0 Å². The topological polar surface area (TPSA) is 94.6 Å². The summed E-state index contributed by atoms with van der Waals surface area (Å²) in [6.45, 7) is 0.181. The van der Waals surface area contributed by atoms with Gasteiger partial charge < -0.3 is 24.8 Å². The lowest BCUT2D eigenvalue weighted by Crippen LogP contribution is -2.14. The van der Waals surface area contributed by atoms with Crippen molar-refractivity contribution >= 4 is 23.1 Å². The maximum Gasteiger partial charge on any atom is 0.276 e. The number of nitrogens with zero attached hydrogens (tertiary/aromatic N) is 2. The number of amides is 1. The van der Waals surface area contributed by atoms with Crippen LogP contribution < -0.4 is 24.8 Å². The maximum absolute atomic E-state index is 12.3. The molecular formula is C19H16N4O4. The number of ether oxygens (including phenoxy) is 3. The third-order valence-corrected chi connectivity index (χ3v) is 3.87. The Morgan fingerprint density at radius 2 is 1.89 bits per heavy atom. The molecule has 0 atom stereocenters. The van der Waals surface area contributed by atoms with Gasteiger partial charge in [-0.3, -0.25) is 4.79 Å². The van der Waals surface area contributed by atoms with Gasteiger partial charge in [-0.25, -0.2) is 0 Å². The molecule has 0 bridgehead atoms. The van der Waals surface area contributed by atoms with Crippen molar-refractivity contribution in [3.05, 3.63) is 60.3 Å². The van der Waals surface area contributed by atoms with E-state index in [1.54, 1.807) is 37.4 Å². The minimum Gasteiger partial charge on any atom is -0.497 e. The van der Waals surface area contributed by atoms with Gasteiger partial charge in [0.15, 0.2) is 23.0 Å². The highest BCUT2D eigenvalue weighted by atomic mass is 16.7. The Kier molecular flexibility index (Phi) is 4.44. The number of carbonyl (C=O) groups is 1. The van der Waals surface area contributed by atoms with Gasteiger partial charge in [0.25, 0.3) is 5.91 Å². The van der Waals surface area contributed by atoms with Crippen molar-refractivity contribution in [1.29, 1.82) is 0 Å². The number of aromatic nitrogens is 2. The lowest BCUT2D eigenvalue weighted by molar-refractivity contribution is 0.102. The van der Waals surface area contributed by atoms with E-state index in [2.05, 4.69) is 20.8 Å². The lowest BCUT2D eigenvalue weighted by atomic mass is 10.2. The van der Waals surface area contributed by atoms with Crippen molar-refractivity contribution in [3.63, 3.8) is 0 Å². The first-order valence-corrected chi connectivity index (χ1v) is 8.17. The summed E-state index contributed by atoms with van der Waals surface area (Å²) in [7, 11) is 1.60. The minimum atomic E-state index is -0.366. The summed E-state index contributed by atoms with van der Waals surface area (Å²) < 4.78 is 15.7. The molecule has 3 aromatic rings. The Bertz CT molecular complexity index is 976. The Labute approximate surface area is 155 Å². The van der Waals surface area contributed by atoms with Crippen LogP contribution in [0.1, 0.15) is 10.5 Å². The molecule has 8 heteroatoms.